The maximum Gasteiger partial charge on any atom is 0.331 e. The molecule has 0 aliphatic rings. The van der Waals surface area contributed by atoms with Crippen molar-refractivity contribution in [2.75, 3.05) is 16.8 Å². The van der Waals surface area contributed by atoms with E-state index in [9.17, 15) is 9.90 Å². The van der Waals surface area contributed by atoms with Crippen LogP contribution in [0.2, 0.25) is 0 Å². The first-order chi connectivity index (χ1) is 9.08. The van der Waals surface area contributed by atoms with Crippen molar-refractivity contribution >= 4 is 34.9 Å². The van der Waals surface area contributed by atoms with Crippen LogP contribution in [-0.4, -0.2) is 28.4 Å². The van der Waals surface area contributed by atoms with Crippen LogP contribution < -0.4 is 10.9 Å². The first-order valence-corrected chi connectivity index (χ1v) is 7.10. The summed E-state index contributed by atoms with van der Waals surface area (Å²) in [5, 5.41) is 10.9. The van der Waals surface area contributed by atoms with Crippen molar-refractivity contribution in [2.45, 2.75) is 24.8 Å². The van der Waals surface area contributed by atoms with Gasteiger partial charge < -0.3 is 5.11 Å². The third-order valence-corrected chi connectivity index (χ3v) is 3.58. The zero-order valence-corrected chi connectivity index (χ0v) is 12.1. The van der Waals surface area contributed by atoms with Crippen molar-refractivity contribution in [3.63, 3.8) is 0 Å². The molecule has 106 valence electrons. The van der Waals surface area contributed by atoms with Crippen molar-refractivity contribution in [3.05, 3.63) is 30.3 Å². The highest BCUT2D eigenvalue weighted by molar-refractivity contribution is 6.18. The Kier molecular flexibility index (Phi) is 6.42. The van der Waals surface area contributed by atoms with E-state index in [2.05, 4.69) is 0 Å². The van der Waals surface area contributed by atoms with E-state index in [0.29, 0.717) is 24.4 Å². The molecule has 3 N–H and O–H groups in total. The lowest BCUT2D eigenvalue weighted by Crippen LogP contribution is -2.59. The summed E-state index contributed by atoms with van der Waals surface area (Å²) in [6, 6.07) is 9.01. The number of aliphatic carboxylic acids is 1. The van der Waals surface area contributed by atoms with E-state index >= 15 is 0 Å². The van der Waals surface area contributed by atoms with Gasteiger partial charge in [-0.25, -0.2) is 10.6 Å². The molecule has 0 unspecified atom stereocenters. The van der Waals surface area contributed by atoms with Crippen molar-refractivity contribution in [1.29, 1.82) is 0 Å². The zero-order chi connectivity index (χ0) is 14.3. The van der Waals surface area contributed by atoms with E-state index in [1.165, 1.54) is 5.01 Å². The molecular weight excluding hydrogens is 287 g/mol. The lowest BCUT2D eigenvalue weighted by molar-refractivity contribution is -0.144. The third kappa shape index (κ3) is 3.75. The summed E-state index contributed by atoms with van der Waals surface area (Å²) in [5.41, 5.74) is -0.581. The van der Waals surface area contributed by atoms with Gasteiger partial charge in [-0.3, -0.25) is 5.01 Å². The standard InChI is InChI=1S/C13H18Cl2N2O2/c14-9-4-7-13(8-10-15,12(18)19)17(16)11-5-2-1-3-6-11/h1-3,5-6H,4,7-10,16H2,(H,18,19)/t13-/m1/s1. The number of rotatable bonds is 8. The molecule has 1 rings (SSSR count). The molecule has 0 saturated heterocycles. The molecule has 6 heteroatoms. The number of hydrazine groups is 1. The average Bonchev–Trinajstić information content (AvgIpc) is 2.43. The van der Waals surface area contributed by atoms with Crippen molar-refractivity contribution in [1.82, 2.24) is 0 Å². The molecule has 0 bridgehead atoms. The highest BCUT2D eigenvalue weighted by Crippen LogP contribution is 2.29. The van der Waals surface area contributed by atoms with Crippen molar-refractivity contribution < 1.29 is 9.90 Å². The van der Waals surface area contributed by atoms with Gasteiger partial charge in [0.2, 0.25) is 0 Å². The second-order valence-corrected chi connectivity index (χ2v) is 5.03. The van der Waals surface area contributed by atoms with Gasteiger partial charge in [0.15, 0.2) is 5.54 Å². The maximum atomic E-state index is 11.7. The maximum absolute atomic E-state index is 11.7. The number of alkyl halides is 2. The minimum atomic E-state index is -1.22. The van der Waals surface area contributed by atoms with Gasteiger partial charge in [0, 0.05) is 11.8 Å². The summed E-state index contributed by atoms with van der Waals surface area (Å²) in [4.78, 5) is 11.7. The first-order valence-electron chi connectivity index (χ1n) is 6.04. The lowest BCUT2D eigenvalue weighted by Gasteiger charge is -2.38. The number of carbonyl (C=O) groups is 1. The smallest absolute Gasteiger partial charge is 0.331 e. The molecule has 0 spiro atoms. The average molecular weight is 305 g/mol. The Bertz CT molecular complexity index is 403. The largest absolute Gasteiger partial charge is 0.479 e. The predicted octanol–water partition coefficient (Wildman–Crippen LogP) is 2.84. The topological polar surface area (TPSA) is 66.6 Å². The molecule has 0 saturated carbocycles. The molecule has 0 aliphatic heterocycles. The monoisotopic (exact) mass is 304 g/mol. The van der Waals surface area contributed by atoms with Crippen LogP contribution in [0.15, 0.2) is 30.3 Å². The van der Waals surface area contributed by atoms with Crippen LogP contribution in [0.3, 0.4) is 0 Å². The second-order valence-electron chi connectivity index (χ2n) is 4.27. The van der Waals surface area contributed by atoms with Gasteiger partial charge in [0.1, 0.15) is 0 Å². The summed E-state index contributed by atoms with van der Waals surface area (Å²) < 4.78 is 0. The number of nitrogens with zero attached hydrogens (tertiary/aromatic N) is 1. The number of hydrogen-bond acceptors (Lipinski definition) is 3. The number of anilines is 1. The number of hydrogen-bond donors (Lipinski definition) is 2. The Morgan fingerprint density at radius 2 is 1.84 bits per heavy atom. The molecule has 1 aromatic rings. The molecule has 0 radical (unpaired) electrons. The number of benzene rings is 1. The summed E-state index contributed by atoms with van der Waals surface area (Å²) in [6.45, 7) is 0. The summed E-state index contributed by atoms with van der Waals surface area (Å²) in [5.74, 6) is 5.68. The van der Waals surface area contributed by atoms with E-state index in [1.807, 2.05) is 18.2 Å². The predicted molar refractivity (Wildman–Crippen MR) is 78.8 cm³/mol. The van der Waals surface area contributed by atoms with Gasteiger partial charge in [-0.1, -0.05) is 18.2 Å². The van der Waals surface area contributed by atoms with Gasteiger partial charge in [0.25, 0.3) is 0 Å². The van der Waals surface area contributed by atoms with Gasteiger partial charge >= 0.3 is 5.97 Å². The number of nitrogens with two attached hydrogens (primary N) is 1. The molecule has 4 nitrogen and oxygen atoms in total. The van der Waals surface area contributed by atoms with Crippen LogP contribution in [0.25, 0.3) is 0 Å². The Labute approximate surface area is 123 Å². The van der Waals surface area contributed by atoms with Gasteiger partial charge in [-0.15, -0.1) is 23.2 Å². The fourth-order valence-electron chi connectivity index (χ4n) is 2.03. The number of carboxylic acid groups (broad SMARTS) is 1. The number of carboxylic acids is 1. The van der Waals surface area contributed by atoms with Crippen LogP contribution in [-0.2, 0) is 4.79 Å². The molecule has 0 heterocycles. The highest BCUT2D eigenvalue weighted by atomic mass is 35.5. The first kappa shape index (κ1) is 16.1. The summed E-state index contributed by atoms with van der Waals surface area (Å²) in [6.07, 6.45) is 1.17. The van der Waals surface area contributed by atoms with Crippen LogP contribution in [0.5, 0.6) is 0 Å². The number of para-hydroxylation sites is 1. The molecule has 0 fully saturated rings. The Morgan fingerprint density at radius 3 is 2.32 bits per heavy atom. The fourth-order valence-corrected chi connectivity index (χ4v) is 2.48. The second kappa shape index (κ2) is 7.58. The molecule has 19 heavy (non-hydrogen) atoms. The van der Waals surface area contributed by atoms with Gasteiger partial charge in [-0.2, -0.15) is 0 Å². The van der Waals surface area contributed by atoms with Crippen LogP contribution in [0.1, 0.15) is 19.3 Å². The normalized spacial score (nSPS) is 13.8. The van der Waals surface area contributed by atoms with Crippen LogP contribution in [0, 0.1) is 0 Å². The SMILES string of the molecule is NN(c1ccccc1)[C@@](CCCl)(CCCCl)C(=O)O. The van der Waals surface area contributed by atoms with Gasteiger partial charge in [-0.05, 0) is 31.4 Å². The molecule has 0 amide bonds. The lowest BCUT2D eigenvalue weighted by atomic mass is 9.89. The minimum absolute atomic E-state index is 0.217. The molecule has 1 atom stereocenters. The van der Waals surface area contributed by atoms with Crippen molar-refractivity contribution in [3.8, 4) is 0 Å². The molecular formula is C13H18Cl2N2O2. The molecule has 1 aromatic carbocycles. The Balaban J connectivity index is 3.09. The van der Waals surface area contributed by atoms with E-state index in [-0.39, 0.29) is 12.3 Å². The molecule has 0 aliphatic carbocycles. The highest BCUT2D eigenvalue weighted by Gasteiger charge is 2.42. The fraction of sp³-hybridized carbons (Fsp3) is 0.462. The third-order valence-electron chi connectivity index (χ3n) is 3.13. The van der Waals surface area contributed by atoms with E-state index < -0.39 is 11.5 Å². The minimum Gasteiger partial charge on any atom is -0.479 e. The van der Waals surface area contributed by atoms with Crippen LogP contribution >= 0.6 is 23.2 Å². The van der Waals surface area contributed by atoms with E-state index in [4.69, 9.17) is 29.0 Å². The Morgan fingerprint density at radius 1 is 1.21 bits per heavy atom. The Hall–Kier alpha value is -0.970. The molecule has 0 aromatic heterocycles. The van der Waals surface area contributed by atoms with E-state index in [1.54, 1.807) is 12.1 Å². The summed E-state index contributed by atoms with van der Waals surface area (Å²) >= 11 is 11.4. The van der Waals surface area contributed by atoms with E-state index in [0.717, 1.165) is 0 Å². The van der Waals surface area contributed by atoms with Crippen molar-refractivity contribution in [2.24, 2.45) is 5.84 Å². The summed E-state index contributed by atoms with van der Waals surface area (Å²) in [7, 11) is 0. The number of halogens is 2. The zero-order valence-electron chi connectivity index (χ0n) is 10.6. The quantitative estimate of drug-likeness (QED) is 0.440. The van der Waals surface area contributed by atoms with Gasteiger partial charge in [0.05, 0.1) is 5.69 Å². The van der Waals surface area contributed by atoms with Crippen LogP contribution in [0.4, 0.5) is 5.69 Å².